The van der Waals surface area contributed by atoms with Crippen LogP contribution < -0.4 is 21.7 Å². The van der Waals surface area contributed by atoms with Gasteiger partial charge in [0.05, 0.1) is 18.5 Å². The number of benzene rings is 3. The number of aliphatic hydroxyl groups excluding tert-OH is 1. The van der Waals surface area contributed by atoms with Crippen molar-refractivity contribution in [2.45, 2.75) is 90.1 Å². The number of esters is 2. The summed E-state index contributed by atoms with van der Waals surface area (Å²) in [4.78, 5) is 70.6. The number of hydrogen-bond donors (Lipinski definition) is 5. The van der Waals surface area contributed by atoms with Crippen LogP contribution in [0.25, 0.3) is 0 Å². The fraction of sp³-hybridized carbons (Fsp3) is 0.366. The van der Waals surface area contributed by atoms with Gasteiger partial charge in [-0.15, -0.1) is 0 Å². The number of nitrogens with one attached hydrogen (secondary N) is 3. The van der Waals surface area contributed by atoms with Crippen molar-refractivity contribution in [2.24, 2.45) is 11.7 Å². The van der Waals surface area contributed by atoms with Crippen LogP contribution in [0.4, 0.5) is 0 Å². The first-order valence-electron chi connectivity index (χ1n) is 18.2. The molecule has 4 rings (SSSR count). The summed E-state index contributed by atoms with van der Waals surface area (Å²) in [5.41, 5.74) is 9.49. The fourth-order valence-electron chi connectivity index (χ4n) is 5.61. The van der Waals surface area contributed by atoms with Gasteiger partial charge in [0.2, 0.25) is 17.7 Å². The summed E-state index contributed by atoms with van der Waals surface area (Å²) >= 11 is 0. The zero-order chi connectivity index (χ0) is 39.7. The van der Waals surface area contributed by atoms with E-state index >= 15 is 0 Å². The topological polar surface area (TPSA) is 204 Å². The summed E-state index contributed by atoms with van der Waals surface area (Å²) in [6.07, 6.45) is 1.64. The summed E-state index contributed by atoms with van der Waals surface area (Å²) in [5.74, 6) is -4.14. The fourth-order valence-corrected chi connectivity index (χ4v) is 5.61. The Hall–Kier alpha value is -5.86. The first-order valence-corrected chi connectivity index (χ1v) is 18.2. The number of carbonyl (C=O) groups excluding carboxylic acids is 5. The van der Waals surface area contributed by atoms with E-state index in [2.05, 4.69) is 20.9 Å². The average Bonchev–Trinajstić information content (AvgIpc) is 3.61. The Bertz CT molecular complexity index is 1840. The van der Waals surface area contributed by atoms with E-state index in [9.17, 15) is 29.1 Å². The maximum Gasteiger partial charge on any atom is 0.328 e. The minimum atomic E-state index is -1.46. The highest BCUT2D eigenvalue weighted by molar-refractivity contribution is 5.94. The molecule has 0 unspecified atom stereocenters. The van der Waals surface area contributed by atoms with Gasteiger partial charge >= 0.3 is 11.9 Å². The molecule has 14 heteroatoms. The van der Waals surface area contributed by atoms with Gasteiger partial charge in [0.25, 0.3) is 0 Å². The molecule has 55 heavy (non-hydrogen) atoms. The van der Waals surface area contributed by atoms with E-state index < -0.39 is 65.8 Å². The van der Waals surface area contributed by atoms with Crippen LogP contribution in [0.3, 0.4) is 0 Å². The molecule has 3 amide bonds. The number of ether oxygens (including phenoxy) is 2. The highest BCUT2D eigenvalue weighted by Crippen LogP contribution is 2.12. The SMILES string of the molecule is CC(C)[C@H](NC(=O)[C@@H](NC(=O)[C@@H](N)Cc1cncn1Cc1ccccc1)[C@@H](C)O)C(=O)N[C@@H](CCC(=O)OCc1ccccc1)C(=O)OCc1ccccc1. The van der Waals surface area contributed by atoms with E-state index in [1.54, 1.807) is 50.6 Å². The lowest BCUT2D eigenvalue weighted by molar-refractivity contribution is -0.151. The molecule has 1 heterocycles. The smallest absolute Gasteiger partial charge is 0.328 e. The number of nitrogens with zero attached hydrogens (tertiary/aromatic N) is 2. The van der Waals surface area contributed by atoms with Crippen molar-refractivity contribution in [1.82, 2.24) is 25.5 Å². The normalized spacial score (nSPS) is 13.8. The second kappa shape index (κ2) is 21.1. The molecule has 0 aliphatic carbocycles. The van der Waals surface area contributed by atoms with Crippen LogP contribution in [0.1, 0.15) is 56.0 Å². The van der Waals surface area contributed by atoms with Crippen molar-refractivity contribution in [3.63, 3.8) is 0 Å². The predicted molar refractivity (Wildman–Crippen MR) is 203 cm³/mol. The van der Waals surface area contributed by atoms with Crippen molar-refractivity contribution in [3.05, 3.63) is 126 Å². The number of nitrogens with two attached hydrogens (primary N) is 1. The molecule has 4 aromatic rings. The lowest BCUT2D eigenvalue weighted by atomic mass is 10.0. The van der Waals surface area contributed by atoms with Crippen LogP contribution in [-0.2, 0) is 59.6 Å². The summed E-state index contributed by atoms with van der Waals surface area (Å²) in [6.45, 7) is 5.18. The average molecular weight is 755 g/mol. The van der Waals surface area contributed by atoms with E-state index in [4.69, 9.17) is 15.2 Å². The Kier molecular flexibility index (Phi) is 16.1. The second-order valence-corrected chi connectivity index (χ2v) is 13.6. The molecule has 0 aliphatic rings. The van der Waals surface area contributed by atoms with Crippen molar-refractivity contribution >= 4 is 29.7 Å². The number of aromatic nitrogens is 2. The Morgan fingerprint density at radius 2 is 1.25 bits per heavy atom. The number of imidazole rings is 1. The lowest BCUT2D eigenvalue weighted by Crippen LogP contribution is -2.61. The van der Waals surface area contributed by atoms with Crippen LogP contribution in [0, 0.1) is 5.92 Å². The molecular weight excluding hydrogens is 704 g/mol. The molecule has 0 radical (unpaired) electrons. The minimum absolute atomic E-state index is 0.0431. The molecule has 292 valence electrons. The molecular formula is C41H50N6O8. The highest BCUT2D eigenvalue weighted by atomic mass is 16.5. The van der Waals surface area contributed by atoms with Crippen LogP contribution in [0.2, 0.25) is 0 Å². The third-order valence-corrected chi connectivity index (χ3v) is 8.77. The third-order valence-electron chi connectivity index (χ3n) is 8.77. The summed E-state index contributed by atoms with van der Waals surface area (Å²) < 4.78 is 12.7. The van der Waals surface area contributed by atoms with Gasteiger partial charge in [-0.3, -0.25) is 19.2 Å². The Morgan fingerprint density at radius 3 is 1.82 bits per heavy atom. The van der Waals surface area contributed by atoms with Gasteiger partial charge in [0, 0.05) is 31.3 Å². The van der Waals surface area contributed by atoms with Crippen LogP contribution in [0.5, 0.6) is 0 Å². The number of hydrogen-bond acceptors (Lipinski definition) is 10. The predicted octanol–water partition coefficient (Wildman–Crippen LogP) is 2.56. The van der Waals surface area contributed by atoms with Crippen molar-refractivity contribution in [3.8, 4) is 0 Å². The number of carbonyl (C=O) groups is 5. The number of amides is 3. The van der Waals surface area contributed by atoms with Gasteiger partial charge in [-0.1, -0.05) is 105 Å². The molecule has 0 saturated heterocycles. The lowest BCUT2D eigenvalue weighted by Gasteiger charge is -2.28. The number of aliphatic hydroxyl groups is 1. The number of rotatable bonds is 20. The molecule has 3 aromatic carbocycles. The maximum atomic E-state index is 13.7. The minimum Gasteiger partial charge on any atom is -0.461 e. The quantitative estimate of drug-likeness (QED) is 0.0835. The molecule has 1 aromatic heterocycles. The van der Waals surface area contributed by atoms with E-state index in [0.29, 0.717) is 12.2 Å². The van der Waals surface area contributed by atoms with Crippen molar-refractivity contribution < 1.29 is 38.6 Å². The first-order chi connectivity index (χ1) is 26.4. The third kappa shape index (κ3) is 13.5. The van der Waals surface area contributed by atoms with Gasteiger partial charge in [-0.05, 0) is 36.0 Å². The van der Waals surface area contributed by atoms with E-state index in [1.165, 1.54) is 6.92 Å². The van der Waals surface area contributed by atoms with Gasteiger partial charge < -0.3 is 40.8 Å². The van der Waals surface area contributed by atoms with Gasteiger partial charge in [-0.2, -0.15) is 0 Å². The van der Waals surface area contributed by atoms with Gasteiger partial charge in [0.15, 0.2) is 0 Å². The van der Waals surface area contributed by atoms with E-state index in [1.807, 2.05) is 71.3 Å². The largest absolute Gasteiger partial charge is 0.461 e. The molecule has 0 saturated carbocycles. The molecule has 0 aliphatic heterocycles. The van der Waals surface area contributed by atoms with Crippen LogP contribution in [-0.4, -0.2) is 74.6 Å². The monoisotopic (exact) mass is 754 g/mol. The standard InChI is InChI=1S/C41H50N6O8/c1-27(2)36(45-40(52)37(28(3)48)46-38(50)33(42)21-32-22-43-26-47(32)23-29-13-7-4-8-14-29)39(51)44-34(41(53)55-25-31-17-11-6-12-18-31)19-20-35(49)54-24-30-15-9-5-10-16-30/h4-18,22,26-28,33-34,36-37,48H,19-21,23-25,42H2,1-3H3,(H,44,51)(H,45,52)(H,46,50)/t28-,33+,34+,36+,37+/m1/s1. The summed E-state index contributed by atoms with van der Waals surface area (Å²) in [6, 6.07) is 22.7. The van der Waals surface area contributed by atoms with Crippen molar-refractivity contribution in [1.29, 1.82) is 0 Å². The van der Waals surface area contributed by atoms with Crippen LogP contribution in [0.15, 0.2) is 104 Å². The molecule has 5 atom stereocenters. The zero-order valence-corrected chi connectivity index (χ0v) is 31.3. The zero-order valence-electron chi connectivity index (χ0n) is 31.3. The molecule has 0 bridgehead atoms. The van der Waals surface area contributed by atoms with Gasteiger partial charge in [0.1, 0.15) is 31.3 Å². The van der Waals surface area contributed by atoms with Gasteiger partial charge in [-0.25, -0.2) is 9.78 Å². The Balaban J connectivity index is 1.38. The first kappa shape index (κ1) is 41.9. The second-order valence-electron chi connectivity index (χ2n) is 13.6. The Labute approximate surface area is 320 Å². The highest BCUT2D eigenvalue weighted by Gasteiger charge is 2.34. The molecule has 0 fully saturated rings. The van der Waals surface area contributed by atoms with E-state index in [-0.39, 0.29) is 32.5 Å². The molecule has 0 spiro atoms. The maximum absolute atomic E-state index is 13.7. The van der Waals surface area contributed by atoms with E-state index in [0.717, 1.165) is 16.7 Å². The summed E-state index contributed by atoms with van der Waals surface area (Å²) in [5, 5.41) is 18.3. The van der Waals surface area contributed by atoms with Crippen LogP contribution >= 0.6 is 0 Å². The summed E-state index contributed by atoms with van der Waals surface area (Å²) in [7, 11) is 0. The molecule has 6 N–H and O–H groups in total. The van der Waals surface area contributed by atoms with Crippen molar-refractivity contribution in [2.75, 3.05) is 0 Å². The Morgan fingerprint density at radius 1 is 0.727 bits per heavy atom. The molecule has 14 nitrogen and oxygen atoms in total.